The lowest BCUT2D eigenvalue weighted by molar-refractivity contribution is 0.565. The Balaban J connectivity index is 3.48. The van der Waals surface area contributed by atoms with Crippen molar-refractivity contribution in [1.29, 1.82) is 5.26 Å². The highest BCUT2D eigenvalue weighted by molar-refractivity contribution is 7.87. The molecule has 2 N–H and O–H groups in total. The summed E-state index contributed by atoms with van der Waals surface area (Å²) in [5, 5.41) is 8.21. The minimum atomic E-state index is -3.30. The highest BCUT2D eigenvalue weighted by Gasteiger charge is 2.04. The fraction of sp³-hybridized carbons (Fsp3) is 0.857. The summed E-state index contributed by atoms with van der Waals surface area (Å²) in [6.07, 6.45) is 1.90. The van der Waals surface area contributed by atoms with Crippen LogP contribution >= 0.6 is 0 Å². The zero-order chi connectivity index (χ0) is 10.2. The predicted octanol–water partition coefficient (Wildman–Crippen LogP) is 0.124. The van der Waals surface area contributed by atoms with Gasteiger partial charge in [-0.15, -0.1) is 0 Å². The third-order valence-electron chi connectivity index (χ3n) is 1.34. The highest BCUT2D eigenvalue weighted by atomic mass is 32.2. The molecule has 0 radical (unpaired) electrons. The predicted molar refractivity (Wildman–Crippen MR) is 50.1 cm³/mol. The van der Waals surface area contributed by atoms with E-state index in [-0.39, 0.29) is 0 Å². The number of rotatable bonds is 7. The quantitative estimate of drug-likeness (QED) is 0.579. The Hall–Kier alpha value is -0.640. The molecule has 76 valence electrons. The lowest BCUT2D eigenvalue weighted by Crippen LogP contribution is -2.36. The van der Waals surface area contributed by atoms with Crippen LogP contribution in [-0.4, -0.2) is 21.5 Å². The van der Waals surface area contributed by atoms with Gasteiger partial charge in [-0.25, -0.2) is 9.44 Å². The third-order valence-corrected chi connectivity index (χ3v) is 2.59. The summed E-state index contributed by atoms with van der Waals surface area (Å²) in [6, 6.07) is 2.00. The van der Waals surface area contributed by atoms with Crippen molar-refractivity contribution < 1.29 is 8.42 Å². The van der Waals surface area contributed by atoms with Crippen LogP contribution in [0.4, 0.5) is 0 Å². The monoisotopic (exact) mass is 205 g/mol. The van der Waals surface area contributed by atoms with E-state index in [0.29, 0.717) is 25.9 Å². The Kier molecular flexibility index (Phi) is 6.49. The fourth-order valence-electron chi connectivity index (χ4n) is 0.777. The van der Waals surface area contributed by atoms with Crippen LogP contribution in [0.1, 0.15) is 26.2 Å². The molecule has 0 fully saturated rings. The van der Waals surface area contributed by atoms with Crippen LogP contribution in [0, 0.1) is 11.3 Å². The van der Waals surface area contributed by atoms with Crippen LogP contribution in [-0.2, 0) is 10.2 Å². The number of hydrogen-bond donors (Lipinski definition) is 2. The molecule has 0 rings (SSSR count). The SMILES string of the molecule is CCNS(=O)(=O)NCCCCC#N. The van der Waals surface area contributed by atoms with Gasteiger partial charge in [0.25, 0.3) is 10.2 Å². The second-order valence-corrected chi connectivity index (χ2v) is 4.10. The number of nitrogens with one attached hydrogen (secondary N) is 2. The highest BCUT2D eigenvalue weighted by Crippen LogP contribution is 1.91. The van der Waals surface area contributed by atoms with Gasteiger partial charge in [-0.2, -0.15) is 13.7 Å². The summed E-state index contributed by atoms with van der Waals surface area (Å²) in [4.78, 5) is 0. The van der Waals surface area contributed by atoms with E-state index in [1.807, 2.05) is 6.07 Å². The first-order valence-electron chi connectivity index (χ1n) is 4.23. The molecule has 5 nitrogen and oxygen atoms in total. The van der Waals surface area contributed by atoms with Crippen molar-refractivity contribution in [2.45, 2.75) is 26.2 Å². The Morgan fingerprint density at radius 2 is 2.00 bits per heavy atom. The lowest BCUT2D eigenvalue weighted by atomic mass is 10.2. The molecule has 0 aromatic carbocycles. The molecule has 0 saturated carbocycles. The molecule has 0 aromatic rings. The smallest absolute Gasteiger partial charge is 0.203 e. The van der Waals surface area contributed by atoms with Gasteiger partial charge in [-0.05, 0) is 12.8 Å². The third kappa shape index (κ3) is 7.71. The Morgan fingerprint density at radius 1 is 1.31 bits per heavy atom. The molecule has 0 aliphatic carbocycles. The fourth-order valence-corrected chi connectivity index (χ4v) is 1.67. The maximum absolute atomic E-state index is 11.0. The summed E-state index contributed by atoms with van der Waals surface area (Å²) in [5.41, 5.74) is 0. The first-order valence-corrected chi connectivity index (χ1v) is 5.72. The van der Waals surface area contributed by atoms with Crippen LogP contribution in [0.15, 0.2) is 0 Å². The summed E-state index contributed by atoms with van der Waals surface area (Å²) in [6.45, 7) is 2.49. The minimum Gasteiger partial charge on any atom is -0.203 e. The standard InChI is InChI=1S/C7H15N3O2S/c1-2-9-13(11,12)10-7-5-3-4-6-8/h9-10H,2-5,7H2,1H3. The van der Waals surface area contributed by atoms with Gasteiger partial charge in [0.2, 0.25) is 0 Å². The number of unbranched alkanes of at least 4 members (excludes halogenated alkanes) is 2. The van der Waals surface area contributed by atoms with E-state index in [0.717, 1.165) is 6.42 Å². The van der Waals surface area contributed by atoms with E-state index in [1.54, 1.807) is 6.92 Å². The Labute approximate surface area is 79.3 Å². The summed E-state index contributed by atoms with van der Waals surface area (Å²) in [5.74, 6) is 0. The number of nitrogens with zero attached hydrogens (tertiary/aromatic N) is 1. The van der Waals surface area contributed by atoms with Crippen molar-refractivity contribution in [3.05, 3.63) is 0 Å². The van der Waals surface area contributed by atoms with Crippen molar-refractivity contribution in [2.24, 2.45) is 0 Å². The van der Waals surface area contributed by atoms with E-state index in [2.05, 4.69) is 9.44 Å². The molecular weight excluding hydrogens is 190 g/mol. The van der Waals surface area contributed by atoms with Crippen molar-refractivity contribution in [2.75, 3.05) is 13.1 Å². The molecule has 0 aromatic heterocycles. The molecule has 0 unspecified atom stereocenters. The van der Waals surface area contributed by atoms with E-state index in [1.165, 1.54) is 0 Å². The van der Waals surface area contributed by atoms with Gasteiger partial charge >= 0.3 is 0 Å². The first-order chi connectivity index (χ1) is 6.12. The van der Waals surface area contributed by atoms with Crippen molar-refractivity contribution in [3.63, 3.8) is 0 Å². The number of nitriles is 1. The molecular formula is C7H15N3O2S. The molecule has 0 aliphatic heterocycles. The van der Waals surface area contributed by atoms with Crippen molar-refractivity contribution in [3.8, 4) is 6.07 Å². The summed E-state index contributed by atoms with van der Waals surface area (Å²) in [7, 11) is -3.30. The van der Waals surface area contributed by atoms with E-state index in [9.17, 15) is 8.42 Å². The molecule has 0 spiro atoms. The maximum Gasteiger partial charge on any atom is 0.276 e. The molecule has 6 heteroatoms. The maximum atomic E-state index is 11.0. The zero-order valence-corrected chi connectivity index (χ0v) is 8.52. The second kappa shape index (κ2) is 6.83. The van der Waals surface area contributed by atoms with Gasteiger partial charge < -0.3 is 0 Å². The molecule has 0 atom stereocenters. The van der Waals surface area contributed by atoms with E-state index in [4.69, 9.17) is 5.26 Å². The molecule has 13 heavy (non-hydrogen) atoms. The average Bonchev–Trinajstić information content (AvgIpc) is 2.04. The molecule has 0 aliphatic rings. The average molecular weight is 205 g/mol. The largest absolute Gasteiger partial charge is 0.276 e. The minimum absolute atomic E-state index is 0.382. The van der Waals surface area contributed by atoms with Gasteiger partial charge in [0.05, 0.1) is 6.07 Å². The molecule has 0 bridgehead atoms. The molecule has 0 saturated heterocycles. The van der Waals surface area contributed by atoms with Crippen LogP contribution < -0.4 is 9.44 Å². The van der Waals surface area contributed by atoms with E-state index < -0.39 is 10.2 Å². The summed E-state index contributed by atoms with van der Waals surface area (Å²) >= 11 is 0. The Bertz CT molecular complexity index is 255. The molecule has 0 heterocycles. The van der Waals surface area contributed by atoms with Crippen LogP contribution in [0.3, 0.4) is 0 Å². The van der Waals surface area contributed by atoms with Gasteiger partial charge in [0.15, 0.2) is 0 Å². The number of hydrogen-bond acceptors (Lipinski definition) is 3. The summed E-state index contributed by atoms with van der Waals surface area (Å²) < 4.78 is 26.6. The molecule has 0 amide bonds. The van der Waals surface area contributed by atoms with Gasteiger partial charge in [0.1, 0.15) is 0 Å². The van der Waals surface area contributed by atoms with Gasteiger partial charge in [-0.1, -0.05) is 6.92 Å². The van der Waals surface area contributed by atoms with Crippen LogP contribution in [0.2, 0.25) is 0 Å². The van der Waals surface area contributed by atoms with E-state index >= 15 is 0 Å². The topological polar surface area (TPSA) is 82.0 Å². The van der Waals surface area contributed by atoms with Crippen LogP contribution in [0.5, 0.6) is 0 Å². The first kappa shape index (κ1) is 12.4. The van der Waals surface area contributed by atoms with Gasteiger partial charge in [0, 0.05) is 19.5 Å². The normalized spacial score (nSPS) is 11.1. The van der Waals surface area contributed by atoms with Gasteiger partial charge in [-0.3, -0.25) is 0 Å². The zero-order valence-electron chi connectivity index (χ0n) is 7.71. The van der Waals surface area contributed by atoms with Crippen molar-refractivity contribution in [1.82, 2.24) is 9.44 Å². The second-order valence-electron chi connectivity index (χ2n) is 2.51. The Morgan fingerprint density at radius 3 is 2.54 bits per heavy atom. The van der Waals surface area contributed by atoms with Crippen LogP contribution in [0.25, 0.3) is 0 Å². The lowest BCUT2D eigenvalue weighted by Gasteiger charge is -2.04. The van der Waals surface area contributed by atoms with Crippen molar-refractivity contribution >= 4 is 10.2 Å².